The fourth-order valence-corrected chi connectivity index (χ4v) is 1.59. The summed E-state index contributed by atoms with van der Waals surface area (Å²) in [4.78, 5) is 11.8. The summed E-state index contributed by atoms with van der Waals surface area (Å²) < 4.78 is 31.6. The van der Waals surface area contributed by atoms with Crippen LogP contribution in [0.5, 0.6) is 0 Å². The molecule has 7 heteroatoms. The van der Waals surface area contributed by atoms with Crippen molar-refractivity contribution in [1.82, 2.24) is 5.32 Å². The minimum atomic E-state index is -0.973. The van der Waals surface area contributed by atoms with Crippen LogP contribution in [-0.4, -0.2) is 37.4 Å². The average Bonchev–Trinajstić information content (AvgIpc) is 2.34. The molecule has 0 heterocycles. The van der Waals surface area contributed by atoms with E-state index in [0.717, 1.165) is 12.1 Å². The van der Waals surface area contributed by atoms with Gasteiger partial charge in [0.2, 0.25) is 0 Å². The zero-order chi connectivity index (χ0) is 14.4. The fourth-order valence-electron chi connectivity index (χ4n) is 1.59. The Morgan fingerprint density at radius 3 is 2.79 bits per heavy atom. The van der Waals surface area contributed by atoms with Crippen LogP contribution in [-0.2, 0) is 4.74 Å². The summed E-state index contributed by atoms with van der Waals surface area (Å²) in [6, 6.07) is 1.07. The highest BCUT2D eigenvalue weighted by atomic mass is 19.1. The molecule has 1 aromatic carbocycles. The first-order chi connectivity index (χ1) is 8.99. The van der Waals surface area contributed by atoms with Crippen molar-refractivity contribution in [3.63, 3.8) is 0 Å². The number of carbonyl (C=O) groups is 1. The quantitative estimate of drug-likeness (QED) is 0.666. The average molecular weight is 274 g/mol. The third-order valence-electron chi connectivity index (χ3n) is 2.49. The van der Waals surface area contributed by atoms with Crippen LogP contribution in [0.3, 0.4) is 0 Å². The van der Waals surface area contributed by atoms with E-state index in [9.17, 15) is 13.6 Å². The number of ether oxygens (including phenoxy) is 1. The number of amides is 1. The van der Waals surface area contributed by atoms with E-state index in [1.54, 1.807) is 0 Å². The van der Waals surface area contributed by atoms with Gasteiger partial charge >= 0.3 is 0 Å². The highest BCUT2D eigenvalue weighted by Gasteiger charge is 2.19. The first-order valence-electron chi connectivity index (χ1n) is 5.64. The van der Waals surface area contributed by atoms with Crippen LogP contribution in [0.15, 0.2) is 12.1 Å². The zero-order valence-corrected chi connectivity index (χ0v) is 10.5. The molecule has 19 heavy (non-hydrogen) atoms. The normalized spacial score (nSPS) is 12.2. The Balaban J connectivity index is 2.87. The van der Waals surface area contributed by atoms with Gasteiger partial charge in [-0.2, -0.15) is 0 Å². The number of hydrogen-bond acceptors (Lipinski definition) is 4. The first kappa shape index (κ1) is 15.3. The Hall–Kier alpha value is -1.73. The van der Waals surface area contributed by atoms with Crippen LogP contribution in [0.4, 0.5) is 14.5 Å². The number of nitrogen functional groups attached to an aromatic ring is 1. The second-order valence-corrected chi connectivity index (χ2v) is 3.99. The molecule has 1 unspecified atom stereocenters. The highest BCUT2D eigenvalue weighted by molar-refractivity contribution is 5.95. The predicted molar refractivity (Wildman–Crippen MR) is 65.6 cm³/mol. The number of nitrogens with one attached hydrogen (secondary N) is 1. The second-order valence-electron chi connectivity index (χ2n) is 3.99. The molecule has 0 spiro atoms. The monoisotopic (exact) mass is 274 g/mol. The number of aliphatic hydroxyl groups is 1. The molecule has 0 aliphatic carbocycles. The molecule has 0 saturated carbocycles. The van der Waals surface area contributed by atoms with Gasteiger partial charge in [0, 0.05) is 13.7 Å². The molecule has 0 fully saturated rings. The van der Waals surface area contributed by atoms with Crippen molar-refractivity contribution < 1.29 is 23.4 Å². The molecule has 1 aromatic rings. The number of carbonyl (C=O) groups excluding carboxylic acids is 1. The van der Waals surface area contributed by atoms with Gasteiger partial charge < -0.3 is 20.9 Å². The van der Waals surface area contributed by atoms with Gasteiger partial charge in [0.15, 0.2) is 5.82 Å². The highest BCUT2D eigenvalue weighted by Crippen LogP contribution is 2.17. The summed E-state index contributed by atoms with van der Waals surface area (Å²) in [5, 5.41) is 11.3. The van der Waals surface area contributed by atoms with E-state index in [0.29, 0.717) is 0 Å². The largest absolute Gasteiger partial charge is 0.396 e. The van der Waals surface area contributed by atoms with Crippen molar-refractivity contribution in [1.29, 1.82) is 0 Å². The van der Waals surface area contributed by atoms with E-state index < -0.39 is 34.8 Å². The molecule has 0 aliphatic rings. The van der Waals surface area contributed by atoms with Gasteiger partial charge in [0.05, 0.1) is 23.9 Å². The summed E-state index contributed by atoms with van der Waals surface area (Å²) in [5.74, 6) is -2.58. The molecule has 0 aliphatic heterocycles. The summed E-state index contributed by atoms with van der Waals surface area (Å²) in [6.45, 7) is -0.0131. The number of rotatable bonds is 6. The molecule has 0 aromatic heterocycles. The molecular formula is C12H16F2N2O3. The number of methoxy groups -OCH3 is 1. The molecule has 0 saturated heterocycles. The maximum Gasteiger partial charge on any atom is 0.254 e. The molecule has 0 radical (unpaired) electrons. The van der Waals surface area contributed by atoms with E-state index in [1.165, 1.54) is 7.11 Å². The van der Waals surface area contributed by atoms with E-state index in [4.69, 9.17) is 15.6 Å². The molecule has 1 atom stereocenters. The van der Waals surface area contributed by atoms with E-state index in [-0.39, 0.29) is 19.6 Å². The van der Waals surface area contributed by atoms with Crippen LogP contribution >= 0.6 is 0 Å². The SMILES string of the molecule is COCC(CCO)NC(=O)c1cc(F)cc(N)c1F. The van der Waals surface area contributed by atoms with Crippen molar-refractivity contribution in [2.45, 2.75) is 12.5 Å². The maximum atomic E-state index is 13.6. The lowest BCUT2D eigenvalue weighted by atomic mass is 10.1. The van der Waals surface area contributed by atoms with Gasteiger partial charge in [-0.15, -0.1) is 0 Å². The van der Waals surface area contributed by atoms with Crippen molar-refractivity contribution in [3.8, 4) is 0 Å². The van der Waals surface area contributed by atoms with Gasteiger partial charge in [-0.3, -0.25) is 4.79 Å². The van der Waals surface area contributed by atoms with Crippen LogP contribution in [0.25, 0.3) is 0 Å². The van der Waals surface area contributed by atoms with Gasteiger partial charge in [-0.25, -0.2) is 8.78 Å². The maximum absolute atomic E-state index is 13.6. The molecule has 5 nitrogen and oxygen atoms in total. The topological polar surface area (TPSA) is 84.6 Å². The van der Waals surface area contributed by atoms with E-state index in [2.05, 4.69) is 5.32 Å². The molecular weight excluding hydrogens is 258 g/mol. The number of aliphatic hydroxyl groups excluding tert-OH is 1. The summed E-state index contributed by atoms with van der Waals surface area (Å²) in [5.41, 5.74) is 4.34. The molecule has 4 N–H and O–H groups in total. The standard InChI is InChI=1S/C12H16F2N2O3/c1-19-6-8(2-3-17)16-12(18)9-4-7(13)5-10(15)11(9)14/h4-5,8,17H,2-3,6,15H2,1H3,(H,16,18). The number of anilines is 1. The number of benzene rings is 1. The zero-order valence-electron chi connectivity index (χ0n) is 10.5. The molecule has 1 amide bonds. The molecule has 1 rings (SSSR count). The lowest BCUT2D eigenvalue weighted by molar-refractivity contribution is 0.0874. The van der Waals surface area contributed by atoms with Crippen LogP contribution in [0.1, 0.15) is 16.8 Å². The molecule has 0 bridgehead atoms. The lowest BCUT2D eigenvalue weighted by Gasteiger charge is -2.17. The van der Waals surface area contributed by atoms with Crippen LogP contribution in [0, 0.1) is 11.6 Å². The Morgan fingerprint density at radius 2 is 2.21 bits per heavy atom. The second kappa shape index (κ2) is 7.01. The van der Waals surface area contributed by atoms with E-state index in [1.807, 2.05) is 0 Å². The van der Waals surface area contributed by atoms with Crippen molar-refractivity contribution >= 4 is 11.6 Å². The van der Waals surface area contributed by atoms with Crippen molar-refractivity contribution in [3.05, 3.63) is 29.3 Å². The Labute approximate surface area is 109 Å². The Kier molecular flexibility index (Phi) is 5.65. The summed E-state index contributed by atoms with van der Waals surface area (Å²) >= 11 is 0. The first-order valence-corrected chi connectivity index (χ1v) is 5.64. The van der Waals surface area contributed by atoms with Gasteiger partial charge in [0.1, 0.15) is 5.82 Å². The van der Waals surface area contributed by atoms with Gasteiger partial charge in [-0.05, 0) is 18.6 Å². The summed E-state index contributed by atoms with van der Waals surface area (Å²) in [6.07, 6.45) is 0.242. The molecule has 106 valence electrons. The van der Waals surface area contributed by atoms with E-state index >= 15 is 0 Å². The summed E-state index contributed by atoms with van der Waals surface area (Å²) in [7, 11) is 1.43. The lowest BCUT2D eigenvalue weighted by Crippen LogP contribution is -2.39. The third-order valence-corrected chi connectivity index (χ3v) is 2.49. The van der Waals surface area contributed by atoms with Gasteiger partial charge in [0.25, 0.3) is 5.91 Å². The Bertz CT molecular complexity index is 449. The smallest absolute Gasteiger partial charge is 0.254 e. The number of hydrogen-bond donors (Lipinski definition) is 3. The van der Waals surface area contributed by atoms with Crippen LogP contribution < -0.4 is 11.1 Å². The number of nitrogens with two attached hydrogens (primary N) is 1. The predicted octanol–water partition coefficient (Wildman–Crippen LogP) is 0.674. The van der Waals surface area contributed by atoms with Gasteiger partial charge in [-0.1, -0.05) is 0 Å². The Morgan fingerprint density at radius 1 is 1.53 bits per heavy atom. The van der Waals surface area contributed by atoms with Crippen molar-refractivity contribution in [2.75, 3.05) is 26.1 Å². The van der Waals surface area contributed by atoms with Crippen molar-refractivity contribution in [2.24, 2.45) is 0 Å². The third kappa shape index (κ3) is 4.15. The minimum absolute atomic E-state index is 0.152. The minimum Gasteiger partial charge on any atom is -0.396 e. The number of halogens is 2. The fraction of sp³-hybridized carbons (Fsp3) is 0.417. The van der Waals surface area contributed by atoms with Crippen LogP contribution in [0.2, 0.25) is 0 Å².